The van der Waals surface area contributed by atoms with Crippen LogP contribution in [0.25, 0.3) is 0 Å². The van der Waals surface area contributed by atoms with Crippen LogP contribution in [0, 0.1) is 41.4 Å². The molecule has 0 bridgehead atoms. The van der Waals surface area contributed by atoms with Gasteiger partial charge in [-0.05, 0) is 110 Å². The molecule has 4 fully saturated rings. The lowest BCUT2D eigenvalue weighted by Crippen LogP contribution is -2.35. The third kappa shape index (κ3) is 23.6. The molecule has 4 saturated carbocycles. The van der Waals surface area contributed by atoms with E-state index in [-0.39, 0.29) is 6.10 Å². The predicted molar refractivity (Wildman–Crippen MR) is 263 cm³/mol. The Kier molecular flexibility index (Phi) is 34.4. The van der Waals surface area contributed by atoms with Gasteiger partial charge in [0.1, 0.15) is 6.10 Å². The van der Waals surface area contributed by atoms with Crippen LogP contribution in [-0.4, -0.2) is 30.9 Å². The zero-order valence-corrected chi connectivity index (χ0v) is 41.9. The number of benzene rings is 1. The van der Waals surface area contributed by atoms with Crippen molar-refractivity contribution in [1.29, 1.82) is 0 Å². The van der Waals surface area contributed by atoms with Crippen LogP contribution in [0.15, 0.2) is 54.7 Å². The first-order valence-corrected chi connectivity index (χ1v) is 26.1. The molecule has 0 aliphatic heterocycles. The zero-order valence-electron chi connectivity index (χ0n) is 41.9. The Bertz CT molecular complexity index is 1070. The zero-order chi connectivity index (χ0) is 44.4. The first-order valence-electron chi connectivity index (χ1n) is 26.1. The van der Waals surface area contributed by atoms with Gasteiger partial charge < -0.3 is 14.2 Å². The van der Waals surface area contributed by atoms with E-state index >= 15 is 0 Å². The Morgan fingerprint density at radius 2 is 0.767 bits per heavy atom. The van der Waals surface area contributed by atoms with Gasteiger partial charge in [0.15, 0.2) is 0 Å². The maximum absolute atomic E-state index is 6.38. The Hall–Kier alpha value is -1.75. The summed E-state index contributed by atoms with van der Waals surface area (Å²) in [5.74, 6) is 5.01. The van der Waals surface area contributed by atoms with E-state index in [9.17, 15) is 0 Å². The molecule has 1 aromatic heterocycles. The predicted octanol–water partition coefficient (Wildman–Crippen LogP) is 17.6. The highest BCUT2D eigenvalue weighted by Gasteiger charge is 2.32. The van der Waals surface area contributed by atoms with Crippen molar-refractivity contribution in [3.8, 4) is 0 Å². The van der Waals surface area contributed by atoms with Crippen LogP contribution in [-0.2, 0) is 14.2 Å². The average molecular weight is 836 g/mol. The van der Waals surface area contributed by atoms with Gasteiger partial charge in [0.05, 0.1) is 17.9 Å². The lowest BCUT2D eigenvalue weighted by atomic mass is 9.75. The van der Waals surface area contributed by atoms with Gasteiger partial charge >= 0.3 is 0 Å². The van der Waals surface area contributed by atoms with E-state index in [1.807, 2.05) is 53.8 Å². The molecule has 4 aliphatic rings. The molecule has 2 aromatic rings. The van der Waals surface area contributed by atoms with Gasteiger partial charge in [-0.25, -0.2) is 0 Å². The van der Waals surface area contributed by atoms with Crippen LogP contribution >= 0.6 is 0 Å². The van der Waals surface area contributed by atoms with Crippen LogP contribution in [0.5, 0.6) is 0 Å². The second-order valence-electron chi connectivity index (χ2n) is 18.7. The second kappa shape index (κ2) is 36.7. The minimum Gasteiger partial charge on any atom is -0.377 e. The maximum Gasteiger partial charge on any atom is 0.102 e. The molecule has 4 heteroatoms. The van der Waals surface area contributed by atoms with Crippen LogP contribution in [0.1, 0.15) is 235 Å². The van der Waals surface area contributed by atoms with Gasteiger partial charge in [-0.15, -0.1) is 0 Å². The van der Waals surface area contributed by atoms with Crippen molar-refractivity contribution in [2.45, 2.75) is 230 Å². The van der Waals surface area contributed by atoms with Crippen molar-refractivity contribution in [1.82, 2.24) is 4.98 Å². The van der Waals surface area contributed by atoms with Crippen LogP contribution in [0.2, 0.25) is 0 Å². The molecule has 2 atom stereocenters. The molecule has 0 radical (unpaired) electrons. The van der Waals surface area contributed by atoms with Crippen LogP contribution in [0.4, 0.5) is 0 Å². The number of hydrogen-bond acceptors (Lipinski definition) is 4. The summed E-state index contributed by atoms with van der Waals surface area (Å²) < 4.78 is 18.8. The van der Waals surface area contributed by atoms with Gasteiger partial charge in [-0.1, -0.05) is 197 Å². The van der Waals surface area contributed by atoms with Crippen molar-refractivity contribution in [3.63, 3.8) is 0 Å². The molecule has 1 heterocycles. The van der Waals surface area contributed by atoms with E-state index in [0.29, 0.717) is 35.9 Å². The lowest BCUT2D eigenvalue weighted by Gasteiger charge is -2.38. The van der Waals surface area contributed by atoms with Crippen molar-refractivity contribution in [2.24, 2.45) is 41.4 Å². The molecule has 4 nitrogen and oxygen atoms in total. The van der Waals surface area contributed by atoms with E-state index in [2.05, 4.69) is 89.0 Å². The molecule has 60 heavy (non-hydrogen) atoms. The summed E-state index contributed by atoms with van der Waals surface area (Å²) in [7, 11) is 0. The fourth-order valence-corrected chi connectivity index (χ4v) is 9.51. The van der Waals surface area contributed by atoms with Gasteiger partial charge in [-0.2, -0.15) is 0 Å². The highest BCUT2D eigenvalue weighted by Crippen LogP contribution is 2.39. The van der Waals surface area contributed by atoms with Gasteiger partial charge in [0, 0.05) is 26.0 Å². The van der Waals surface area contributed by atoms with Gasteiger partial charge in [0.2, 0.25) is 0 Å². The number of hydrogen-bond donors (Lipinski definition) is 0. The van der Waals surface area contributed by atoms with Crippen molar-refractivity contribution < 1.29 is 14.2 Å². The largest absolute Gasteiger partial charge is 0.377 e. The van der Waals surface area contributed by atoms with E-state index in [1.165, 1.54) is 134 Å². The normalized spacial score (nSPS) is 18.9. The molecular weight excluding hydrogens is 735 g/mol. The molecule has 348 valence electrons. The third-order valence-electron chi connectivity index (χ3n) is 12.3. The average Bonchev–Trinajstić information content (AvgIpc) is 3.31. The topological polar surface area (TPSA) is 40.6 Å². The summed E-state index contributed by atoms with van der Waals surface area (Å²) in [5, 5.41) is 0. The van der Waals surface area contributed by atoms with Crippen LogP contribution < -0.4 is 0 Å². The second-order valence-corrected chi connectivity index (χ2v) is 18.7. The number of nitrogens with zero attached hydrogens (tertiary/aromatic N) is 1. The van der Waals surface area contributed by atoms with Crippen molar-refractivity contribution in [2.75, 3.05) is 19.8 Å². The van der Waals surface area contributed by atoms with E-state index in [0.717, 1.165) is 43.3 Å². The monoisotopic (exact) mass is 836 g/mol. The molecule has 1 aromatic carbocycles. The summed E-state index contributed by atoms with van der Waals surface area (Å²) in [6.45, 7) is 28.1. The fourth-order valence-electron chi connectivity index (χ4n) is 9.51. The summed E-state index contributed by atoms with van der Waals surface area (Å²) in [5.41, 5.74) is 2.48. The molecule has 0 spiro atoms. The maximum atomic E-state index is 6.38. The Labute approximate surface area is 374 Å². The first-order chi connectivity index (χ1) is 29.3. The van der Waals surface area contributed by atoms with Gasteiger partial charge in [0.25, 0.3) is 0 Å². The fraction of sp³-hybridized carbons (Fsp3) is 0.804. The molecule has 0 saturated heterocycles. The standard InChI is InChI=1S/C17H32O.C17H26O.C16H25NO.3C2H6/c2*1-14(2)13-18-17(15-9-5-3-6-10-15)16-11-7-4-8-12-16;1-13(2)12-18-16(14-8-4-3-5-9-14)15-10-6-7-11-17-15;3*1-2/h14-17H,3-13H2,1-2H3;3,5-6,9-10,14,16-17H,4,7-8,11-13H2,1-2H3;6-7,10-11,13-14,16H,3-5,8-9,12H2,1-2H3;3*1-2H3. The van der Waals surface area contributed by atoms with Crippen molar-refractivity contribution in [3.05, 3.63) is 66.0 Å². The first kappa shape index (κ1) is 56.3. The SMILES string of the molecule is CC.CC.CC.CC(C)COC(C1CCCCC1)C1CCCCC1.CC(C)COC(c1ccccc1)C1CCCCC1.CC(C)COC(c1ccccn1)C1CCCCC1. The Morgan fingerprint density at radius 1 is 0.417 bits per heavy atom. The molecule has 6 rings (SSSR count). The Balaban J connectivity index is 0.000000423. The third-order valence-corrected chi connectivity index (χ3v) is 12.3. The van der Waals surface area contributed by atoms with Crippen molar-refractivity contribution >= 4 is 0 Å². The van der Waals surface area contributed by atoms with E-state index in [4.69, 9.17) is 14.2 Å². The molecule has 0 amide bonds. The number of ether oxygens (including phenoxy) is 3. The van der Waals surface area contributed by atoms with E-state index in [1.54, 1.807) is 0 Å². The van der Waals surface area contributed by atoms with Gasteiger partial charge in [-0.3, -0.25) is 4.98 Å². The highest BCUT2D eigenvalue weighted by atomic mass is 16.5. The summed E-state index contributed by atoms with van der Waals surface area (Å²) >= 11 is 0. The number of rotatable bonds is 15. The lowest BCUT2D eigenvalue weighted by molar-refractivity contribution is -0.0558. The minimum atomic E-state index is 0.203. The summed E-state index contributed by atoms with van der Waals surface area (Å²) in [6, 6.07) is 16.9. The van der Waals surface area contributed by atoms with Crippen LogP contribution in [0.3, 0.4) is 0 Å². The number of pyridine rings is 1. The number of aromatic nitrogens is 1. The quantitative estimate of drug-likeness (QED) is 0.179. The molecule has 4 aliphatic carbocycles. The Morgan fingerprint density at radius 3 is 1.15 bits per heavy atom. The molecule has 0 N–H and O–H groups in total. The minimum absolute atomic E-state index is 0.203. The molecule has 2 unspecified atom stereocenters. The highest BCUT2D eigenvalue weighted by molar-refractivity contribution is 5.18. The summed E-state index contributed by atoms with van der Waals surface area (Å²) in [4.78, 5) is 4.51. The smallest absolute Gasteiger partial charge is 0.102 e. The molecular formula is C56H101NO3. The summed E-state index contributed by atoms with van der Waals surface area (Å²) in [6.07, 6.45) is 30.9. The van der Waals surface area contributed by atoms with E-state index < -0.39 is 0 Å².